The molecule has 3 rings (SSSR count). The molecule has 2 aromatic rings. The number of hydrogen-bond acceptors (Lipinski definition) is 3. The average Bonchev–Trinajstić information content (AvgIpc) is 3.06. The van der Waals surface area contributed by atoms with Gasteiger partial charge in [0.1, 0.15) is 0 Å². The number of carbonyl (C=O) groups excluding carboxylic acids is 1. The Labute approximate surface area is 122 Å². The standard InChI is InChI=1S/C16H14N2OS/c1-3-12-8-15(19)18(9-12)16-17-14(10-20-16)13-6-4-11(2)5-7-13/h1,4-7,10,12H,8-9H2,2H3. The molecule has 2 heterocycles. The molecule has 0 saturated carbocycles. The van der Waals surface area contributed by atoms with Crippen LogP contribution in [-0.2, 0) is 4.79 Å². The number of aryl methyl sites for hydroxylation is 1. The van der Waals surface area contributed by atoms with Crippen molar-refractivity contribution in [1.82, 2.24) is 4.98 Å². The lowest BCUT2D eigenvalue weighted by Gasteiger charge is -2.11. The number of amides is 1. The number of benzene rings is 1. The smallest absolute Gasteiger partial charge is 0.230 e. The third-order valence-electron chi connectivity index (χ3n) is 3.43. The van der Waals surface area contributed by atoms with Gasteiger partial charge >= 0.3 is 0 Å². The molecule has 1 saturated heterocycles. The molecule has 1 aliphatic heterocycles. The molecule has 1 aliphatic rings. The number of hydrogen-bond donors (Lipinski definition) is 0. The number of aromatic nitrogens is 1. The predicted octanol–water partition coefficient (Wildman–Crippen LogP) is 3.10. The van der Waals surface area contributed by atoms with Gasteiger partial charge in [-0.3, -0.25) is 9.69 Å². The van der Waals surface area contributed by atoms with Crippen molar-refractivity contribution in [3.05, 3.63) is 35.2 Å². The van der Waals surface area contributed by atoms with Crippen molar-refractivity contribution < 1.29 is 4.79 Å². The average molecular weight is 282 g/mol. The lowest BCUT2D eigenvalue weighted by molar-refractivity contribution is -0.117. The molecule has 20 heavy (non-hydrogen) atoms. The summed E-state index contributed by atoms with van der Waals surface area (Å²) in [5.41, 5.74) is 3.19. The van der Waals surface area contributed by atoms with Gasteiger partial charge in [0.15, 0.2) is 5.13 Å². The highest BCUT2D eigenvalue weighted by atomic mass is 32.1. The Morgan fingerprint density at radius 3 is 2.80 bits per heavy atom. The van der Waals surface area contributed by atoms with Gasteiger partial charge in [-0.15, -0.1) is 23.7 Å². The van der Waals surface area contributed by atoms with Crippen LogP contribution >= 0.6 is 11.3 Å². The van der Waals surface area contributed by atoms with Gasteiger partial charge in [0.2, 0.25) is 5.91 Å². The van der Waals surface area contributed by atoms with Gasteiger partial charge in [-0.05, 0) is 6.92 Å². The van der Waals surface area contributed by atoms with Gasteiger partial charge in [-0.25, -0.2) is 4.98 Å². The van der Waals surface area contributed by atoms with Gasteiger partial charge in [-0.2, -0.15) is 0 Å². The highest BCUT2D eigenvalue weighted by Crippen LogP contribution is 2.31. The van der Waals surface area contributed by atoms with Gasteiger partial charge in [0.05, 0.1) is 5.69 Å². The van der Waals surface area contributed by atoms with Crippen LogP contribution in [0.4, 0.5) is 5.13 Å². The van der Waals surface area contributed by atoms with Crippen molar-refractivity contribution in [3.8, 4) is 23.6 Å². The first-order valence-electron chi connectivity index (χ1n) is 6.46. The monoisotopic (exact) mass is 282 g/mol. The van der Waals surface area contributed by atoms with E-state index in [0.717, 1.165) is 16.4 Å². The van der Waals surface area contributed by atoms with E-state index in [4.69, 9.17) is 6.42 Å². The van der Waals surface area contributed by atoms with E-state index in [-0.39, 0.29) is 11.8 Å². The van der Waals surface area contributed by atoms with Crippen LogP contribution in [0.1, 0.15) is 12.0 Å². The highest BCUT2D eigenvalue weighted by Gasteiger charge is 2.31. The molecule has 0 bridgehead atoms. The molecule has 3 nitrogen and oxygen atoms in total. The molecule has 1 aromatic heterocycles. The lowest BCUT2D eigenvalue weighted by atomic mass is 10.1. The summed E-state index contributed by atoms with van der Waals surface area (Å²) < 4.78 is 0. The highest BCUT2D eigenvalue weighted by molar-refractivity contribution is 7.14. The fraction of sp³-hybridized carbons (Fsp3) is 0.250. The summed E-state index contributed by atoms with van der Waals surface area (Å²) in [6, 6.07) is 8.21. The van der Waals surface area contributed by atoms with E-state index < -0.39 is 0 Å². The van der Waals surface area contributed by atoms with Crippen molar-refractivity contribution >= 4 is 22.4 Å². The summed E-state index contributed by atoms with van der Waals surface area (Å²) in [5, 5.41) is 2.72. The number of anilines is 1. The van der Waals surface area contributed by atoms with E-state index in [1.807, 2.05) is 17.5 Å². The van der Waals surface area contributed by atoms with Crippen LogP contribution in [0.3, 0.4) is 0 Å². The topological polar surface area (TPSA) is 33.2 Å². The number of rotatable bonds is 2. The summed E-state index contributed by atoms with van der Waals surface area (Å²) in [4.78, 5) is 18.2. The number of thiazole rings is 1. The number of terminal acetylenes is 1. The van der Waals surface area contributed by atoms with E-state index in [1.165, 1.54) is 16.9 Å². The Kier molecular flexibility index (Phi) is 3.29. The molecular weight excluding hydrogens is 268 g/mol. The minimum absolute atomic E-state index is 0.00854. The van der Waals surface area contributed by atoms with E-state index >= 15 is 0 Å². The summed E-state index contributed by atoms with van der Waals surface area (Å²) in [7, 11) is 0. The van der Waals surface area contributed by atoms with Crippen molar-refractivity contribution in [2.75, 3.05) is 11.4 Å². The number of nitrogens with zero attached hydrogens (tertiary/aromatic N) is 2. The summed E-state index contributed by atoms with van der Waals surface area (Å²) >= 11 is 1.49. The lowest BCUT2D eigenvalue weighted by Crippen LogP contribution is -2.24. The summed E-state index contributed by atoms with van der Waals surface area (Å²) in [5.74, 6) is 2.73. The molecule has 1 atom stereocenters. The normalized spacial score (nSPS) is 18.3. The zero-order chi connectivity index (χ0) is 14.1. The van der Waals surface area contributed by atoms with Crippen LogP contribution in [0.15, 0.2) is 29.6 Å². The third-order valence-corrected chi connectivity index (χ3v) is 4.29. The van der Waals surface area contributed by atoms with Gasteiger partial charge in [-0.1, -0.05) is 29.8 Å². The zero-order valence-electron chi connectivity index (χ0n) is 11.2. The molecule has 1 unspecified atom stereocenters. The quantitative estimate of drug-likeness (QED) is 0.793. The molecule has 0 N–H and O–H groups in total. The van der Waals surface area contributed by atoms with Crippen molar-refractivity contribution in [2.45, 2.75) is 13.3 Å². The van der Waals surface area contributed by atoms with Crippen molar-refractivity contribution in [2.24, 2.45) is 5.92 Å². The van der Waals surface area contributed by atoms with E-state index in [9.17, 15) is 4.79 Å². The Morgan fingerprint density at radius 1 is 1.40 bits per heavy atom. The minimum atomic E-state index is 0.00854. The second kappa shape index (κ2) is 5.10. The summed E-state index contributed by atoms with van der Waals surface area (Å²) in [6.07, 6.45) is 5.83. The van der Waals surface area contributed by atoms with E-state index in [2.05, 4.69) is 30.0 Å². The molecule has 100 valence electrons. The van der Waals surface area contributed by atoms with Gasteiger partial charge < -0.3 is 0 Å². The van der Waals surface area contributed by atoms with Gasteiger partial charge in [0.25, 0.3) is 0 Å². The SMILES string of the molecule is C#CC1CC(=O)N(c2nc(-c3ccc(C)cc3)cs2)C1. The van der Waals surface area contributed by atoms with Crippen LogP contribution in [-0.4, -0.2) is 17.4 Å². The maximum Gasteiger partial charge on any atom is 0.230 e. The van der Waals surface area contributed by atoms with Crippen LogP contribution in [0.25, 0.3) is 11.3 Å². The molecular formula is C16H14N2OS. The Balaban J connectivity index is 1.86. The van der Waals surface area contributed by atoms with Crippen molar-refractivity contribution in [1.29, 1.82) is 0 Å². The molecule has 1 amide bonds. The first kappa shape index (κ1) is 12.9. The predicted molar refractivity (Wildman–Crippen MR) is 81.6 cm³/mol. The van der Waals surface area contributed by atoms with Crippen LogP contribution in [0.5, 0.6) is 0 Å². The molecule has 1 aromatic carbocycles. The third kappa shape index (κ3) is 2.33. The van der Waals surface area contributed by atoms with Crippen LogP contribution in [0.2, 0.25) is 0 Å². The van der Waals surface area contributed by atoms with Gasteiger partial charge in [0, 0.05) is 29.8 Å². The fourth-order valence-electron chi connectivity index (χ4n) is 2.25. The number of carbonyl (C=O) groups is 1. The molecule has 0 spiro atoms. The second-order valence-electron chi connectivity index (χ2n) is 4.95. The Bertz CT molecular complexity index is 681. The Morgan fingerprint density at radius 2 is 2.15 bits per heavy atom. The maximum atomic E-state index is 11.9. The molecule has 4 heteroatoms. The van der Waals surface area contributed by atoms with Crippen LogP contribution in [0, 0.1) is 25.2 Å². The second-order valence-corrected chi connectivity index (χ2v) is 5.79. The first-order chi connectivity index (χ1) is 9.67. The zero-order valence-corrected chi connectivity index (χ0v) is 12.0. The molecule has 1 fully saturated rings. The fourth-order valence-corrected chi connectivity index (χ4v) is 3.11. The van der Waals surface area contributed by atoms with E-state index in [0.29, 0.717) is 13.0 Å². The summed E-state index contributed by atoms with van der Waals surface area (Å²) in [6.45, 7) is 2.63. The minimum Gasteiger partial charge on any atom is -0.287 e. The Hall–Kier alpha value is -2.12. The van der Waals surface area contributed by atoms with E-state index in [1.54, 1.807) is 4.90 Å². The van der Waals surface area contributed by atoms with Crippen molar-refractivity contribution in [3.63, 3.8) is 0 Å². The van der Waals surface area contributed by atoms with Crippen LogP contribution < -0.4 is 4.90 Å². The molecule has 0 radical (unpaired) electrons. The largest absolute Gasteiger partial charge is 0.287 e. The first-order valence-corrected chi connectivity index (χ1v) is 7.34. The molecule has 0 aliphatic carbocycles. The maximum absolute atomic E-state index is 11.9.